The van der Waals surface area contributed by atoms with E-state index in [1.165, 1.54) is 16.4 Å². The number of nitrogens with one attached hydrogen (secondary N) is 1. The Kier molecular flexibility index (Phi) is 4.35. The van der Waals surface area contributed by atoms with E-state index in [4.69, 9.17) is 5.73 Å². The topological polar surface area (TPSA) is 107 Å². The van der Waals surface area contributed by atoms with Gasteiger partial charge in [0.15, 0.2) is 5.16 Å². The molecule has 0 aromatic carbocycles. The molecule has 0 unspecified atom stereocenters. The van der Waals surface area contributed by atoms with E-state index in [1.54, 1.807) is 13.2 Å². The second-order valence-electron chi connectivity index (χ2n) is 4.24. The fourth-order valence-electron chi connectivity index (χ4n) is 1.54. The van der Waals surface area contributed by atoms with Crippen molar-refractivity contribution in [2.24, 2.45) is 12.8 Å². The molecule has 0 bridgehead atoms. The van der Waals surface area contributed by atoms with Crippen LogP contribution in [0.1, 0.15) is 25.1 Å². The van der Waals surface area contributed by atoms with Crippen molar-refractivity contribution in [3.63, 3.8) is 0 Å². The van der Waals surface area contributed by atoms with Crippen molar-refractivity contribution >= 4 is 11.8 Å². The Balaban J connectivity index is 2.24. The second-order valence-corrected chi connectivity index (χ2v) is 5.28. The van der Waals surface area contributed by atoms with Gasteiger partial charge >= 0.3 is 11.1 Å². The molecule has 2 aromatic heterocycles. The largest absolute Gasteiger partial charge is 0.339 e. The van der Waals surface area contributed by atoms with Gasteiger partial charge in [-0.25, -0.2) is 0 Å². The van der Waals surface area contributed by atoms with Crippen molar-refractivity contribution in [2.45, 2.75) is 29.4 Å². The maximum Gasteiger partial charge on any atom is 0.339 e. The number of H-pyrrole nitrogens is 1. The van der Waals surface area contributed by atoms with Gasteiger partial charge in [-0.2, -0.15) is 4.98 Å². The van der Waals surface area contributed by atoms with Crippen LogP contribution in [0.4, 0.5) is 0 Å². The Labute approximate surface area is 119 Å². The van der Waals surface area contributed by atoms with Gasteiger partial charge in [-0.3, -0.25) is 24.4 Å². The quantitative estimate of drug-likeness (QED) is 0.791. The van der Waals surface area contributed by atoms with E-state index in [0.29, 0.717) is 5.16 Å². The predicted octanol–water partition coefficient (Wildman–Crippen LogP) is 0.425. The lowest BCUT2D eigenvalue weighted by Crippen LogP contribution is -2.33. The summed E-state index contributed by atoms with van der Waals surface area (Å²) in [6.07, 6.45) is 2.49. The zero-order valence-electron chi connectivity index (χ0n) is 11.2. The summed E-state index contributed by atoms with van der Waals surface area (Å²) in [4.78, 5) is 31.2. The van der Waals surface area contributed by atoms with Crippen molar-refractivity contribution in [3.8, 4) is 0 Å². The van der Waals surface area contributed by atoms with Gasteiger partial charge in [0.2, 0.25) is 0 Å². The number of rotatable bonds is 4. The Morgan fingerprint density at radius 1 is 1.45 bits per heavy atom. The van der Waals surface area contributed by atoms with Crippen molar-refractivity contribution in [3.05, 3.63) is 44.7 Å². The summed E-state index contributed by atoms with van der Waals surface area (Å²) in [5.74, 6) is 0. The van der Waals surface area contributed by atoms with Crippen LogP contribution < -0.4 is 16.9 Å². The number of hydrogen-bond acceptors (Lipinski definition) is 6. The highest BCUT2D eigenvalue weighted by atomic mass is 32.2. The molecule has 7 nitrogen and oxygen atoms in total. The first kappa shape index (κ1) is 14.5. The van der Waals surface area contributed by atoms with E-state index in [9.17, 15) is 9.59 Å². The standard InChI is InChI=1S/C12H15N5O2S/c1-3-8(13)9-5-4-7(6-14-9)20-12-15-10(18)11(19)16-17(12)2/h4-6,8H,3,13H2,1-2H3,(H,16,19)/t8-/m0/s1. The summed E-state index contributed by atoms with van der Waals surface area (Å²) in [7, 11) is 1.62. The number of aromatic amines is 1. The average Bonchev–Trinajstić information content (AvgIpc) is 2.44. The number of nitrogens with zero attached hydrogens (tertiary/aromatic N) is 3. The van der Waals surface area contributed by atoms with Crippen LogP contribution >= 0.6 is 11.8 Å². The van der Waals surface area contributed by atoms with E-state index >= 15 is 0 Å². The van der Waals surface area contributed by atoms with E-state index in [0.717, 1.165) is 17.0 Å². The molecule has 0 saturated carbocycles. The van der Waals surface area contributed by atoms with E-state index in [1.807, 2.05) is 19.1 Å². The van der Waals surface area contributed by atoms with Crippen LogP contribution in [0.3, 0.4) is 0 Å². The molecule has 2 aromatic rings. The monoisotopic (exact) mass is 293 g/mol. The molecule has 2 rings (SSSR count). The first-order valence-corrected chi connectivity index (χ1v) is 6.89. The van der Waals surface area contributed by atoms with Crippen LogP contribution in [0.5, 0.6) is 0 Å². The lowest BCUT2D eigenvalue weighted by molar-refractivity contribution is 0.596. The van der Waals surface area contributed by atoms with Gasteiger partial charge < -0.3 is 5.73 Å². The molecule has 0 aliphatic heterocycles. The van der Waals surface area contributed by atoms with Crippen LogP contribution in [0.2, 0.25) is 0 Å². The third-order valence-corrected chi connectivity index (χ3v) is 3.76. The van der Waals surface area contributed by atoms with E-state index in [2.05, 4.69) is 15.1 Å². The predicted molar refractivity (Wildman–Crippen MR) is 75.7 cm³/mol. The van der Waals surface area contributed by atoms with Gasteiger partial charge in [-0.05, 0) is 30.3 Å². The number of aryl methyl sites for hydroxylation is 1. The zero-order valence-corrected chi connectivity index (χ0v) is 12.0. The first-order chi connectivity index (χ1) is 9.51. The van der Waals surface area contributed by atoms with Crippen LogP contribution in [-0.4, -0.2) is 19.7 Å². The molecule has 106 valence electrons. The van der Waals surface area contributed by atoms with E-state index < -0.39 is 11.1 Å². The molecule has 0 fully saturated rings. The molecule has 1 atom stereocenters. The minimum Gasteiger partial charge on any atom is -0.323 e. The third kappa shape index (κ3) is 3.14. The molecule has 0 saturated heterocycles. The zero-order chi connectivity index (χ0) is 14.7. The van der Waals surface area contributed by atoms with Gasteiger partial charge in [0.05, 0.1) is 5.69 Å². The molecule has 3 N–H and O–H groups in total. The van der Waals surface area contributed by atoms with Crippen molar-refractivity contribution < 1.29 is 0 Å². The second kappa shape index (κ2) is 6.02. The summed E-state index contributed by atoms with van der Waals surface area (Å²) >= 11 is 1.24. The van der Waals surface area contributed by atoms with Crippen molar-refractivity contribution in [2.75, 3.05) is 0 Å². The number of nitrogens with two attached hydrogens (primary N) is 1. The molecule has 8 heteroatoms. The fourth-order valence-corrected chi connectivity index (χ4v) is 2.30. The first-order valence-electron chi connectivity index (χ1n) is 6.08. The van der Waals surface area contributed by atoms with Crippen LogP contribution in [0, 0.1) is 0 Å². The summed E-state index contributed by atoms with van der Waals surface area (Å²) in [5.41, 5.74) is 5.17. The number of aromatic nitrogens is 4. The summed E-state index contributed by atoms with van der Waals surface area (Å²) < 4.78 is 1.40. The maximum absolute atomic E-state index is 11.3. The Morgan fingerprint density at radius 2 is 2.20 bits per heavy atom. The van der Waals surface area contributed by atoms with Crippen LogP contribution in [-0.2, 0) is 7.05 Å². The van der Waals surface area contributed by atoms with Crippen LogP contribution in [0.25, 0.3) is 0 Å². The fraction of sp³-hybridized carbons (Fsp3) is 0.333. The highest BCUT2D eigenvalue weighted by Gasteiger charge is 2.08. The molecular formula is C12H15N5O2S. The van der Waals surface area contributed by atoms with Crippen molar-refractivity contribution in [1.82, 2.24) is 19.7 Å². The molecule has 0 radical (unpaired) electrons. The smallest absolute Gasteiger partial charge is 0.323 e. The highest BCUT2D eigenvalue weighted by Crippen LogP contribution is 2.24. The van der Waals surface area contributed by atoms with E-state index in [-0.39, 0.29) is 6.04 Å². The summed E-state index contributed by atoms with van der Waals surface area (Å²) in [6.45, 7) is 2.00. The minimum atomic E-state index is -0.803. The van der Waals surface area contributed by atoms with Gasteiger partial charge in [0.25, 0.3) is 0 Å². The van der Waals surface area contributed by atoms with Crippen LogP contribution in [0.15, 0.2) is 38.0 Å². The molecule has 0 aliphatic rings. The molecular weight excluding hydrogens is 278 g/mol. The lowest BCUT2D eigenvalue weighted by atomic mass is 10.1. The number of hydrogen-bond donors (Lipinski definition) is 2. The maximum atomic E-state index is 11.3. The van der Waals surface area contributed by atoms with Gasteiger partial charge in [0, 0.05) is 24.2 Å². The molecule has 20 heavy (non-hydrogen) atoms. The van der Waals surface area contributed by atoms with Gasteiger partial charge in [-0.1, -0.05) is 6.92 Å². The lowest BCUT2D eigenvalue weighted by Gasteiger charge is -2.09. The Bertz CT molecular complexity index is 707. The van der Waals surface area contributed by atoms with Gasteiger partial charge in [-0.15, -0.1) is 0 Å². The summed E-state index contributed by atoms with van der Waals surface area (Å²) in [6, 6.07) is 3.63. The Hall–Kier alpha value is -1.93. The normalized spacial score (nSPS) is 12.3. The summed E-state index contributed by atoms with van der Waals surface area (Å²) in [5, 5.41) is 2.78. The molecule has 0 amide bonds. The number of pyridine rings is 1. The highest BCUT2D eigenvalue weighted by molar-refractivity contribution is 7.99. The third-order valence-electron chi connectivity index (χ3n) is 2.74. The average molecular weight is 293 g/mol. The molecule has 0 aliphatic carbocycles. The minimum absolute atomic E-state index is 0.0791. The SMILES string of the molecule is CC[C@H](N)c1ccc(Sc2nc(=O)c(=O)[nH]n2C)cn1. The Morgan fingerprint density at radius 3 is 2.80 bits per heavy atom. The molecule has 0 spiro atoms. The van der Waals surface area contributed by atoms with Gasteiger partial charge in [0.1, 0.15) is 0 Å². The van der Waals surface area contributed by atoms with Crippen molar-refractivity contribution in [1.29, 1.82) is 0 Å². The molecule has 2 heterocycles.